The second kappa shape index (κ2) is 10.5. The highest BCUT2D eigenvalue weighted by atomic mass is 35.5. The van der Waals surface area contributed by atoms with Gasteiger partial charge in [0, 0.05) is 24.2 Å². The molecule has 0 unspecified atom stereocenters. The Balaban J connectivity index is 1.45. The van der Waals surface area contributed by atoms with Gasteiger partial charge in [-0.05, 0) is 41.8 Å². The molecule has 0 bridgehead atoms. The number of ether oxygens (including phenoxy) is 2. The van der Waals surface area contributed by atoms with Gasteiger partial charge >= 0.3 is 17.9 Å². The normalized spacial score (nSPS) is 11.4. The fraction of sp³-hybridized carbons (Fsp3) is 0.167. The first-order valence-electron chi connectivity index (χ1n) is 10.4. The van der Waals surface area contributed by atoms with Gasteiger partial charge in [0.2, 0.25) is 5.88 Å². The number of nitrogens with zero attached hydrogens (tertiary/aromatic N) is 4. The molecule has 0 aliphatic heterocycles. The molecule has 0 spiro atoms. The molecule has 36 heavy (non-hydrogen) atoms. The second-order valence-corrected chi connectivity index (χ2v) is 8.43. The van der Waals surface area contributed by atoms with Crippen LogP contribution in [0.25, 0.3) is 0 Å². The number of alkyl halides is 3. The predicted octanol–water partition coefficient (Wildman–Crippen LogP) is 5.80. The maximum atomic E-state index is 13.1. The lowest BCUT2D eigenvalue weighted by atomic mass is 10.0. The van der Waals surface area contributed by atoms with E-state index in [0.29, 0.717) is 16.9 Å². The van der Waals surface area contributed by atoms with Gasteiger partial charge in [-0.2, -0.15) is 18.2 Å². The minimum Gasteiger partial charge on any atom is -0.467 e. The second-order valence-electron chi connectivity index (χ2n) is 7.62. The molecule has 0 fully saturated rings. The largest absolute Gasteiger partial charge is 0.467 e. The first-order chi connectivity index (χ1) is 17.1. The third-order valence-electron chi connectivity index (χ3n) is 5.02. The number of methoxy groups -OCH3 is 1. The molecule has 4 aromatic rings. The summed E-state index contributed by atoms with van der Waals surface area (Å²) in [4.78, 5) is 24.3. The van der Waals surface area contributed by atoms with E-state index in [1.807, 2.05) is 0 Å². The van der Waals surface area contributed by atoms with Gasteiger partial charge in [-0.3, -0.25) is 4.57 Å². The Labute approximate surface area is 213 Å². The van der Waals surface area contributed by atoms with Crippen molar-refractivity contribution < 1.29 is 22.6 Å². The third-order valence-corrected chi connectivity index (χ3v) is 5.60. The lowest BCUT2D eigenvalue weighted by Crippen LogP contribution is -2.23. The van der Waals surface area contributed by atoms with Crippen LogP contribution < -0.4 is 15.2 Å². The molecule has 186 valence electrons. The van der Waals surface area contributed by atoms with Gasteiger partial charge in [-0.1, -0.05) is 41.4 Å². The van der Waals surface area contributed by atoms with Crippen LogP contribution in [0.5, 0.6) is 17.6 Å². The first kappa shape index (κ1) is 25.5. The number of benzene rings is 2. The highest BCUT2D eigenvalue weighted by molar-refractivity contribution is 6.31. The minimum absolute atomic E-state index is 0.0795. The van der Waals surface area contributed by atoms with Crippen molar-refractivity contribution >= 4 is 23.2 Å². The maximum absolute atomic E-state index is 13.1. The first-order valence-corrected chi connectivity index (χ1v) is 11.1. The van der Waals surface area contributed by atoms with Gasteiger partial charge in [0.25, 0.3) is 0 Å². The number of aromatic nitrogens is 4. The summed E-state index contributed by atoms with van der Waals surface area (Å²) >= 11 is 11.9. The zero-order valence-electron chi connectivity index (χ0n) is 18.6. The fourth-order valence-electron chi connectivity index (χ4n) is 3.29. The van der Waals surface area contributed by atoms with Crippen LogP contribution in [0, 0.1) is 0 Å². The van der Waals surface area contributed by atoms with Crippen LogP contribution in [-0.4, -0.2) is 26.6 Å². The monoisotopic (exact) mass is 536 g/mol. The fourth-order valence-corrected chi connectivity index (χ4v) is 3.71. The van der Waals surface area contributed by atoms with E-state index in [4.69, 9.17) is 32.7 Å². The van der Waals surface area contributed by atoms with Crippen LogP contribution >= 0.6 is 23.2 Å². The quantitative estimate of drug-likeness (QED) is 0.297. The SMILES string of the molecule is COc1ncc(Cn2cc(Cl)c(Oc3ccc(Cc4ccc(Cl)c(C(F)(F)F)c4)cc3)nc2=O)cn1. The molecule has 0 saturated carbocycles. The van der Waals surface area contributed by atoms with E-state index in [1.54, 1.807) is 30.3 Å². The molecule has 0 aliphatic carbocycles. The van der Waals surface area contributed by atoms with Gasteiger partial charge in [-0.15, -0.1) is 0 Å². The molecule has 12 heteroatoms. The van der Waals surface area contributed by atoms with Crippen molar-refractivity contribution in [2.45, 2.75) is 19.1 Å². The van der Waals surface area contributed by atoms with Crippen molar-refractivity contribution in [1.82, 2.24) is 19.5 Å². The number of hydrogen-bond donors (Lipinski definition) is 0. The maximum Gasteiger partial charge on any atom is 0.417 e. The zero-order chi connectivity index (χ0) is 25.9. The molecule has 0 saturated heterocycles. The molecule has 0 N–H and O–H groups in total. The third kappa shape index (κ3) is 6.13. The molecule has 2 aromatic heterocycles. The van der Waals surface area contributed by atoms with Gasteiger partial charge in [0.05, 0.1) is 24.2 Å². The highest BCUT2D eigenvalue weighted by Crippen LogP contribution is 2.35. The topological polar surface area (TPSA) is 79.1 Å². The Hall–Kier alpha value is -3.63. The standard InChI is InChI=1S/C24H17Cl2F3N4O3/c1-35-22-30-10-16(11-31-22)12-33-13-20(26)21(32-23(33)34)36-17-5-2-14(3-6-17)8-15-4-7-19(25)18(9-15)24(27,28)29/h2-7,9-11,13H,8,12H2,1H3. The minimum atomic E-state index is -4.53. The molecule has 0 radical (unpaired) electrons. The van der Waals surface area contributed by atoms with E-state index in [2.05, 4.69) is 15.0 Å². The van der Waals surface area contributed by atoms with Crippen molar-refractivity contribution in [2.24, 2.45) is 0 Å². The molecule has 0 atom stereocenters. The van der Waals surface area contributed by atoms with Crippen LogP contribution in [0.2, 0.25) is 10.0 Å². The average molecular weight is 537 g/mol. The van der Waals surface area contributed by atoms with E-state index in [0.717, 1.165) is 11.6 Å². The Morgan fingerprint density at radius 1 is 0.944 bits per heavy atom. The smallest absolute Gasteiger partial charge is 0.417 e. The Kier molecular flexibility index (Phi) is 7.46. The van der Waals surface area contributed by atoms with Crippen LogP contribution in [0.15, 0.2) is 65.8 Å². The molecule has 0 amide bonds. The summed E-state index contributed by atoms with van der Waals surface area (Å²) in [6.45, 7) is 0.144. The van der Waals surface area contributed by atoms with E-state index >= 15 is 0 Å². The Morgan fingerprint density at radius 2 is 1.61 bits per heavy atom. The summed E-state index contributed by atoms with van der Waals surface area (Å²) in [6, 6.07) is 10.6. The lowest BCUT2D eigenvalue weighted by molar-refractivity contribution is -0.137. The molecule has 0 aliphatic rings. The summed E-state index contributed by atoms with van der Waals surface area (Å²) in [5.41, 5.74) is 0.370. The summed E-state index contributed by atoms with van der Waals surface area (Å²) in [6.07, 6.45) is 0.153. The summed E-state index contributed by atoms with van der Waals surface area (Å²) in [7, 11) is 1.45. The van der Waals surface area contributed by atoms with E-state index < -0.39 is 17.4 Å². The highest BCUT2D eigenvalue weighted by Gasteiger charge is 2.33. The molecular weight excluding hydrogens is 520 g/mol. The van der Waals surface area contributed by atoms with E-state index in [-0.39, 0.29) is 34.9 Å². The van der Waals surface area contributed by atoms with Crippen molar-refractivity contribution in [1.29, 1.82) is 0 Å². The van der Waals surface area contributed by atoms with Crippen molar-refractivity contribution in [3.63, 3.8) is 0 Å². The molecule has 4 rings (SSSR count). The lowest BCUT2D eigenvalue weighted by Gasteiger charge is -2.12. The van der Waals surface area contributed by atoms with Crippen LogP contribution in [0.1, 0.15) is 22.3 Å². The van der Waals surface area contributed by atoms with Crippen molar-refractivity contribution in [2.75, 3.05) is 7.11 Å². The van der Waals surface area contributed by atoms with Crippen LogP contribution in [0.4, 0.5) is 13.2 Å². The molecule has 7 nitrogen and oxygen atoms in total. The summed E-state index contributed by atoms with van der Waals surface area (Å²) in [5, 5.41) is -0.243. The van der Waals surface area contributed by atoms with E-state index in [1.165, 1.54) is 36.3 Å². The van der Waals surface area contributed by atoms with Gasteiger partial charge < -0.3 is 9.47 Å². The average Bonchev–Trinajstić information content (AvgIpc) is 2.84. The van der Waals surface area contributed by atoms with Gasteiger partial charge in [-0.25, -0.2) is 14.8 Å². The molecule has 2 heterocycles. The summed E-state index contributed by atoms with van der Waals surface area (Å²) in [5.74, 6) is 0.269. The molecular formula is C24H17Cl2F3N4O3. The van der Waals surface area contributed by atoms with Crippen molar-refractivity contribution in [3.8, 4) is 17.6 Å². The Morgan fingerprint density at radius 3 is 2.25 bits per heavy atom. The molecule has 2 aromatic carbocycles. The number of hydrogen-bond acceptors (Lipinski definition) is 6. The van der Waals surface area contributed by atoms with Crippen LogP contribution in [0.3, 0.4) is 0 Å². The number of halogens is 5. The Bertz CT molecular complexity index is 1430. The predicted molar refractivity (Wildman–Crippen MR) is 127 cm³/mol. The van der Waals surface area contributed by atoms with Gasteiger partial charge in [0.1, 0.15) is 10.8 Å². The van der Waals surface area contributed by atoms with Gasteiger partial charge in [0.15, 0.2) is 0 Å². The van der Waals surface area contributed by atoms with Crippen molar-refractivity contribution in [3.05, 3.63) is 104 Å². The van der Waals surface area contributed by atoms with E-state index in [9.17, 15) is 18.0 Å². The zero-order valence-corrected chi connectivity index (χ0v) is 20.1. The van der Waals surface area contributed by atoms with Crippen LogP contribution in [-0.2, 0) is 19.1 Å². The summed E-state index contributed by atoms with van der Waals surface area (Å²) < 4.78 is 51.1. The number of rotatable bonds is 7.